The number of nitrogens with zero attached hydrogens (tertiary/aromatic N) is 1. The predicted molar refractivity (Wildman–Crippen MR) is 82.9 cm³/mol. The number of anilines is 1. The van der Waals surface area contributed by atoms with Crippen molar-refractivity contribution in [3.05, 3.63) is 51.8 Å². The number of aryl methyl sites for hydroxylation is 4. The minimum absolute atomic E-state index is 0.887. The molecule has 0 bridgehead atoms. The Labute approximate surface area is 116 Å². The molecule has 0 radical (unpaired) electrons. The minimum Gasteiger partial charge on any atom is -0.380 e. The van der Waals surface area contributed by atoms with Crippen molar-refractivity contribution in [3.8, 4) is 0 Å². The summed E-state index contributed by atoms with van der Waals surface area (Å²) in [6.45, 7) is 11.7. The Bertz CT molecular complexity index is 583. The van der Waals surface area contributed by atoms with E-state index in [4.69, 9.17) is 0 Å². The predicted octanol–water partition coefficient (Wildman–Crippen LogP) is 4.18. The van der Waals surface area contributed by atoms with Crippen molar-refractivity contribution >= 4 is 5.69 Å². The van der Waals surface area contributed by atoms with E-state index in [2.05, 4.69) is 69.7 Å². The molecule has 2 rings (SSSR count). The lowest BCUT2D eigenvalue weighted by Crippen LogP contribution is -2.04. The zero-order chi connectivity index (χ0) is 14.2. The Balaban J connectivity index is 2.21. The van der Waals surface area contributed by atoms with E-state index < -0.39 is 0 Å². The first-order valence-corrected chi connectivity index (χ1v) is 6.83. The van der Waals surface area contributed by atoms with E-state index in [0.717, 1.165) is 6.54 Å². The highest BCUT2D eigenvalue weighted by molar-refractivity contribution is 5.58. The van der Waals surface area contributed by atoms with Crippen molar-refractivity contribution in [3.63, 3.8) is 0 Å². The van der Waals surface area contributed by atoms with Gasteiger partial charge in [-0.1, -0.05) is 17.7 Å². The van der Waals surface area contributed by atoms with E-state index in [1.807, 2.05) is 0 Å². The normalized spacial score (nSPS) is 10.8. The topological polar surface area (TPSA) is 17.0 Å². The second-order valence-corrected chi connectivity index (χ2v) is 5.58. The number of nitrogens with one attached hydrogen (secondary N) is 1. The van der Waals surface area contributed by atoms with Crippen molar-refractivity contribution in [2.45, 2.75) is 41.2 Å². The van der Waals surface area contributed by atoms with Gasteiger partial charge in [-0.2, -0.15) is 0 Å². The molecule has 1 N–H and O–H groups in total. The van der Waals surface area contributed by atoms with Crippen LogP contribution in [0.3, 0.4) is 0 Å². The van der Waals surface area contributed by atoms with Gasteiger partial charge in [-0.3, -0.25) is 0 Å². The van der Waals surface area contributed by atoms with Gasteiger partial charge in [0.15, 0.2) is 0 Å². The Hall–Kier alpha value is -1.70. The van der Waals surface area contributed by atoms with Crippen LogP contribution in [0.4, 0.5) is 5.69 Å². The third kappa shape index (κ3) is 2.67. The summed E-state index contributed by atoms with van der Waals surface area (Å²) in [4.78, 5) is 0. The Morgan fingerprint density at radius 3 is 2.00 bits per heavy atom. The molecule has 0 fully saturated rings. The summed E-state index contributed by atoms with van der Waals surface area (Å²) < 4.78 is 2.24. The molecule has 2 aromatic rings. The van der Waals surface area contributed by atoms with Crippen molar-refractivity contribution in [2.24, 2.45) is 7.05 Å². The molecule has 0 atom stereocenters. The lowest BCUT2D eigenvalue weighted by Gasteiger charge is -2.14. The van der Waals surface area contributed by atoms with Crippen LogP contribution in [0.15, 0.2) is 18.2 Å². The molecule has 0 saturated heterocycles. The lowest BCUT2D eigenvalue weighted by atomic mass is 10.0. The van der Waals surface area contributed by atoms with Crippen LogP contribution in [-0.2, 0) is 13.6 Å². The summed E-state index contributed by atoms with van der Waals surface area (Å²) in [6, 6.07) is 6.73. The molecule has 0 spiro atoms. The van der Waals surface area contributed by atoms with E-state index >= 15 is 0 Å². The van der Waals surface area contributed by atoms with Crippen LogP contribution in [0.5, 0.6) is 0 Å². The van der Waals surface area contributed by atoms with Crippen LogP contribution in [0, 0.1) is 34.6 Å². The fourth-order valence-electron chi connectivity index (χ4n) is 2.75. The zero-order valence-electron chi connectivity index (χ0n) is 12.9. The molecule has 0 saturated carbocycles. The molecule has 1 aromatic heterocycles. The van der Waals surface area contributed by atoms with Crippen molar-refractivity contribution in [2.75, 3.05) is 5.32 Å². The molecule has 1 aromatic carbocycles. The minimum atomic E-state index is 0.887. The van der Waals surface area contributed by atoms with Gasteiger partial charge in [0, 0.05) is 30.7 Å². The molecule has 0 aliphatic rings. The first kappa shape index (κ1) is 13.7. The monoisotopic (exact) mass is 256 g/mol. The highest BCUT2D eigenvalue weighted by Crippen LogP contribution is 2.23. The second-order valence-electron chi connectivity index (χ2n) is 5.58. The molecule has 2 heteroatoms. The quantitative estimate of drug-likeness (QED) is 0.871. The fourth-order valence-corrected chi connectivity index (χ4v) is 2.75. The fraction of sp³-hybridized carbons (Fsp3) is 0.412. The van der Waals surface area contributed by atoms with Gasteiger partial charge in [0.2, 0.25) is 0 Å². The summed E-state index contributed by atoms with van der Waals surface area (Å²) in [6.07, 6.45) is 0. The summed E-state index contributed by atoms with van der Waals surface area (Å²) in [5, 5.41) is 3.59. The van der Waals surface area contributed by atoms with Gasteiger partial charge in [0.1, 0.15) is 0 Å². The summed E-state index contributed by atoms with van der Waals surface area (Å²) >= 11 is 0. The Morgan fingerprint density at radius 2 is 1.53 bits per heavy atom. The lowest BCUT2D eigenvalue weighted by molar-refractivity contribution is 0.837. The summed E-state index contributed by atoms with van der Waals surface area (Å²) in [5.41, 5.74) is 9.27. The van der Waals surface area contributed by atoms with Crippen molar-refractivity contribution in [1.29, 1.82) is 0 Å². The number of rotatable bonds is 3. The Morgan fingerprint density at radius 1 is 0.947 bits per heavy atom. The molecular formula is C17H24N2. The van der Waals surface area contributed by atoms with E-state index in [9.17, 15) is 0 Å². The molecule has 1 heterocycles. The van der Waals surface area contributed by atoms with E-state index in [1.165, 1.54) is 39.3 Å². The molecule has 0 amide bonds. The van der Waals surface area contributed by atoms with Gasteiger partial charge in [-0.25, -0.2) is 0 Å². The van der Waals surface area contributed by atoms with Gasteiger partial charge in [0.25, 0.3) is 0 Å². The van der Waals surface area contributed by atoms with Crippen LogP contribution >= 0.6 is 0 Å². The third-order valence-electron chi connectivity index (χ3n) is 4.01. The van der Waals surface area contributed by atoms with Gasteiger partial charge in [-0.05, 0) is 57.4 Å². The highest BCUT2D eigenvalue weighted by atomic mass is 15.0. The van der Waals surface area contributed by atoms with Crippen LogP contribution in [-0.4, -0.2) is 4.57 Å². The zero-order valence-corrected chi connectivity index (χ0v) is 12.9. The molecule has 2 nitrogen and oxygen atoms in total. The van der Waals surface area contributed by atoms with Crippen LogP contribution in [0.2, 0.25) is 0 Å². The molecule has 0 aliphatic carbocycles. The van der Waals surface area contributed by atoms with Crippen molar-refractivity contribution < 1.29 is 0 Å². The highest BCUT2D eigenvalue weighted by Gasteiger charge is 2.08. The van der Waals surface area contributed by atoms with Gasteiger partial charge < -0.3 is 9.88 Å². The SMILES string of the molecule is Cc1cc(C)c(NCc2cc(C)n(C)c2C)c(C)c1. The number of benzene rings is 1. The van der Waals surface area contributed by atoms with E-state index in [1.54, 1.807) is 0 Å². The van der Waals surface area contributed by atoms with E-state index in [0.29, 0.717) is 0 Å². The van der Waals surface area contributed by atoms with Gasteiger partial charge in [-0.15, -0.1) is 0 Å². The number of aromatic nitrogens is 1. The number of hydrogen-bond acceptors (Lipinski definition) is 1. The maximum Gasteiger partial charge on any atom is 0.0418 e. The summed E-state index contributed by atoms with van der Waals surface area (Å²) in [5.74, 6) is 0. The van der Waals surface area contributed by atoms with Gasteiger partial charge >= 0.3 is 0 Å². The average Bonchev–Trinajstić information content (AvgIpc) is 2.55. The molecule has 102 valence electrons. The molecule has 0 unspecified atom stereocenters. The first-order chi connectivity index (χ1) is 8.90. The average molecular weight is 256 g/mol. The third-order valence-corrected chi connectivity index (χ3v) is 4.01. The van der Waals surface area contributed by atoms with E-state index in [-0.39, 0.29) is 0 Å². The molecule has 19 heavy (non-hydrogen) atoms. The van der Waals surface area contributed by atoms with Crippen LogP contribution < -0.4 is 5.32 Å². The van der Waals surface area contributed by atoms with Crippen LogP contribution in [0.25, 0.3) is 0 Å². The summed E-state index contributed by atoms with van der Waals surface area (Å²) in [7, 11) is 2.12. The smallest absolute Gasteiger partial charge is 0.0418 e. The Kier molecular flexibility index (Phi) is 3.70. The number of hydrogen-bond donors (Lipinski definition) is 1. The molecular weight excluding hydrogens is 232 g/mol. The van der Waals surface area contributed by atoms with Crippen molar-refractivity contribution in [1.82, 2.24) is 4.57 Å². The van der Waals surface area contributed by atoms with Crippen LogP contribution in [0.1, 0.15) is 33.6 Å². The largest absolute Gasteiger partial charge is 0.380 e. The maximum atomic E-state index is 3.59. The maximum absolute atomic E-state index is 3.59. The first-order valence-electron chi connectivity index (χ1n) is 6.83. The second kappa shape index (κ2) is 5.12. The van der Waals surface area contributed by atoms with Gasteiger partial charge in [0.05, 0.1) is 0 Å². The molecule has 0 aliphatic heterocycles. The standard InChI is InChI=1S/C17H24N2/c1-11-7-12(2)17(13(3)8-11)18-10-16-9-14(4)19(6)15(16)5/h7-9,18H,10H2,1-6H3.